The fourth-order valence-electron chi connectivity index (χ4n) is 4.17. The minimum absolute atomic E-state index is 0.0626. The van der Waals surface area contributed by atoms with Crippen molar-refractivity contribution in [2.75, 3.05) is 18.0 Å². The van der Waals surface area contributed by atoms with Crippen LogP contribution >= 0.6 is 11.3 Å². The smallest absolute Gasteiger partial charge is 0.228 e. The molecule has 0 radical (unpaired) electrons. The number of likely N-dealkylation sites (tertiary alicyclic amines) is 1. The first kappa shape index (κ1) is 18.2. The second-order valence-corrected chi connectivity index (χ2v) is 8.52. The molecule has 2 fully saturated rings. The third-order valence-electron chi connectivity index (χ3n) is 5.60. The molecule has 0 spiro atoms. The predicted molar refractivity (Wildman–Crippen MR) is 108 cm³/mol. The zero-order valence-electron chi connectivity index (χ0n) is 15.5. The first-order valence-corrected chi connectivity index (χ1v) is 10.4. The van der Waals surface area contributed by atoms with Crippen LogP contribution in [0.15, 0.2) is 41.8 Å². The van der Waals surface area contributed by atoms with Gasteiger partial charge in [0.25, 0.3) is 0 Å². The number of nitrogens with zero attached hydrogens (tertiary/aromatic N) is 2. The molecule has 5 nitrogen and oxygen atoms in total. The van der Waals surface area contributed by atoms with Gasteiger partial charge in [0, 0.05) is 36.1 Å². The van der Waals surface area contributed by atoms with Crippen molar-refractivity contribution >= 4 is 28.8 Å². The third kappa shape index (κ3) is 3.51. The van der Waals surface area contributed by atoms with Crippen LogP contribution in [-0.2, 0) is 9.59 Å². The molecular formula is C21H25N3O2S. The SMILES string of the molecule is Cc1ccc(N2C(=O)CCC(C(=O)N3CC[C@@H](N)C3)C2c2cccs2)cc1. The van der Waals surface area contributed by atoms with Crippen LogP contribution in [0.1, 0.15) is 35.7 Å². The topological polar surface area (TPSA) is 66.6 Å². The van der Waals surface area contributed by atoms with Gasteiger partial charge in [-0.1, -0.05) is 23.8 Å². The van der Waals surface area contributed by atoms with E-state index < -0.39 is 0 Å². The average Bonchev–Trinajstić information content (AvgIpc) is 3.33. The number of thiophene rings is 1. The minimum atomic E-state index is -0.252. The first-order chi connectivity index (χ1) is 13.0. The van der Waals surface area contributed by atoms with Crippen molar-refractivity contribution < 1.29 is 9.59 Å². The summed E-state index contributed by atoms with van der Waals surface area (Å²) in [5.41, 5.74) is 8.03. The molecule has 6 heteroatoms. The van der Waals surface area contributed by atoms with Crippen molar-refractivity contribution in [3.8, 4) is 0 Å². The molecule has 4 rings (SSSR count). The van der Waals surface area contributed by atoms with Crippen LogP contribution in [0, 0.1) is 12.8 Å². The van der Waals surface area contributed by atoms with Crippen LogP contribution in [0.2, 0.25) is 0 Å². The van der Waals surface area contributed by atoms with Crippen molar-refractivity contribution in [1.82, 2.24) is 4.90 Å². The number of nitrogens with two attached hydrogens (primary N) is 1. The van der Waals surface area contributed by atoms with Crippen LogP contribution in [0.25, 0.3) is 0 Å². The summed E-state index contributed by atoms with van der Waals surface area (Å²) in [6.07, 6.45) is 1.84. The number of benzene rings is 1. The Balaban J connectivity index is 1.71. The fourth-order valence-corrected chi connectivity index (χ4v) is 5.05. The van der Waals surface area contributed by atoms with E-state index in [4.69, 9.17) is 5.73 Å². The second kappa shape index (κ2) is 7.44. The van der Waals surface area contributed by atoms with E-state index in [0.29, 0.717) is 25.9 Å². The molecular weight excluding hydrogens is 358 g/mol. The van der Waals surface area contributed by atoms with Gasteiger partial charge in [-0.3, -0.25) is 9.59 Å². The van der Waals surface area contributed by atoms with E-state index in [0.717, 1.165) is 22.5 Å². The van der Waals surface area contributed by atoms with E-state index in [1.807, 2.05) is 58.5 Å². The Morgan fingerprint density at radius 3 is 2.59 bits per heavy atom. The van der Waals surface area contributed by atoms with Crippen molar-refractivity contribution in [3.05, 3.63) is 52.2 Å². The number of carbonyl (C=O) groups is 2. The van der Waals surface area contributed by atoms with E-state index in [1.165, 1.54) is 0 Å². The number of amides is 2. The van der Waals surface area contributed by atoms with Crippen LogP contribution in [0.4, 0.5) is 5.69 Å². The highest BCUT2D eigenvalue weighted by atomic mass is 32.1. The molecule has 0 saturated carbocycles. The lowest BCUT2D eigenvalue weighted by Crippen LogP contribution is -2.49. The lowest BCUT2D eigenvalue weighted by atomic mass is 9.86. The first-order valence-electron chi connectivity index (χ1n) is 9.51. The predicted octanol–water partition coefficient (Wildman–Crippen LogP) is 3.10. The molecule has 3 atom stereocenters. The van der Waals surface area contributed by atoms with Gasteiger partial charge in [0.1, 0.15) is 0 Å². The van der Waals surface area contributed by atoms with Gasteiger partial charge in [0.15, 0.2) is 0 Å². The Hall–Kier alpha value is -2.18. The summed E-state index contributed by atoms with van der Waals surface area (Å²) in [5, 5.41) is 2.01. The largest absolute Gasteiger partial charge is 0.341 e. The molecule has 142 valence electrons. The van der Waals surface area contributed by atoms with E-state index in [1.54, 1.807) is 11.3 Å². The Kier molecular flexibility index (Phi) is 5.02. The number of rotatable bonds is 3. The molecule has 3 heterocycles. The molecule has 27 heavy (non-hydrogen) atoms. The molecule has 0 aliphatic carbocycles. The van der Waals surface area contributed by atoms with Crippen LogP contribution in [0.5, 0.6) is 0 Å². The molecule has 1 aromatic heterocycles. The normalized spacial score (nSPS) is 25.9. The molecule has 2 aliphatic rings. The van der Waals surface area contributed by atoms with E-state index in [9.17, 15) is 9.59 Å². The van der Waals surface area contributed by atoms with Gasteiger partial charge in [-0.25, -0.2) is 0 Å². The molecule has 2 amide bonds. The Labute approximate surface area is 163 Å². The van der Waals surface area contributed by atoms with Gasteiger partial charge >= 0.3 is 0 Å². The highest BCUT2D eigenvalue weighted by Gasteiger charge is 2.44. The highest BCUT2D eigenvalue weighted by Crippen LogP contribution is 2.42. The van der Waals surface area contributed by atoms with Crippen molar-refractivity contribution in [1.29, 1.82) is 0 Å². The molecule has 1 aromatic carbocycles. The summed E-state index contributed by atoms with van der Waals surface area (Å²) in [4.78, 5) is 31.0. The van der Waals surface area contributed by atoms with Gasteiger partial charge < -0.3 is 15.5 Å². The summed E-state index contributed by atoms with van der Waals surface area (Å²) in [5.74, 6) is -0.0154. The Morgan fingerprint density at radius 1 is 1.19 bits per heavy atom. The van der Waals surface area contributed by atoms with Crippen LogP contribution in [0.3, 0.4) is 0 Å². The van der Waals surface area contributed by atoms with Gasteiger partial charge in [-0.15, -0.1) is 11.3 Å². The molecule has 2 unspecified atom stereocenters. The number of piperidine rings is 1. The van der Waals surface area contributed by atoms with Crippen LogP contribution in [-0.4, -0.2) is 35.8 Å². The quantitative estimate of drug-likeness (QED) is 0.886. The van der Waals surface area contributed by atoms with Gasteiger partial charge in [-0.05, 0) is 43.3 Å². The minimum Gasteiger partial charge on any atom is -0.341 e. The third-order valence-corrected chi connectivity index (χ3v) is 6.54. The maximum absolute atomic E-state index is 13.3. The van der Waals surface area contributed by atoms with Gasteiger partial charge in [-0.2, -0.15) is 0 Å². The molecule has 2 aromatic rings. The van der Waals surface area contributed by atoms with Gasteiger partial charge in [0.2, 0.25) is 11.8 Å². The molecule has 2 saturated heterocycles. The Morgan fingerprint density at radius 2 is 1.96 bits per heavy atom. The summed E-state index contributed by atoms with van der Waals surface area (Å²) in [6.45, 7) is 3.36. The standard InChI is InChI=1S/C21H25N3O2S/c1-14-4-6-16(7-5-14)24-19(25)9-8-17(20(24)18-3-2-12-27-18)21(26)23-11-10-15(22)13-23/h2-7,12,15,17,20H,8-11,13,22H2,1H3/t15-,17?,20?/m1/s1. The lowest BCUT2D eigenvalue weighted by Gasteiger charge is -2.41. The number of carbonyl (C=O) groups excluding carboxylic acids is 2. The monoisotopic (exact) mass is 383 g/mol. The number of anilines is 1. The van der Waals surface area contributed by atoms with Crippen molar-refractivity contribution in [2.24, 2.45) is 11.7 Å². The molecule has 0 bridgehead atoms. The fraction of sp³-hybridized carbons (Fsp3) is 0.429. The number of aryl methyl sites for hydroxylation is 1. The van der Waals surface area contributed by atoms with Crippen LogP contribution < -0.4 is 10.6 Å². The summed E-state index contributed by atoms with van der Waals surface area (Å²) >= 11 is 1.61. The number of hydrogen-bond donors (Lipinski definition) is 1. The van der Waals surface area contributed by atoms with E-state index >= 15 is 0 Å². The number of hydrogen-bond acceptors (Lipinski definition) is 4. The zero-order valence-corrected chi connectivity index (χ0v) is 16.3. The zero-order chi connectivity index (χ0) is 19.0. The highest BCUT2D eigenvalue weighted by molar-refractivity contribution is 7.10. The van der Waals surface area contributed by atoms with Crippen molar-refractivity contribution in [3.63, 3.8) is 0 Å². The lowest BCUT2D eigenvalue weighted by molar-refractivity contribution is -0.137. The van der Waals surface area contributed by atoms with E-state index in [-0.39, 0.29) is 29.8 Å². The summed E-state index contributed by atoms with van der Waals surface area (Å²) in [6, 6.07) is 11.8. The summed E-state index contributed by atoms with van der Waals surface area (Å²) < 4.78 is 0. The second-order valence-electron chi connectivity index (χ2n) is 7.54. The maximum atomic E-state index is 13.3. The Bertz CT molecular complexity index is 818. The average molecular weight is 384 g/mol. The van der Waals surface area contributed by atoms with E-state index in [2.05, 4.69) is 0 Å². The van der Waals surface area contributed by atoms with Gasteiger partial charge in [0.05, 0.1) is 12.0 Å². The molecule has 2 aliphatic heterocycles. The summed E-state index contributed by atoms with van der Waals surface area (Å²) in [7, 11) is 0. The molecule has 2 N–H and O–H groups in total. The maximum Gasteiger partial charge on any atom is 0.228 e. The van der Waals surface area contributed by atoms with Crippen molar-refractivity contribution in [2.45, 2.75) is 38.3 Å².